The van der Waals surface area contributed by atoms with Crippen LogP contribution in [0.2, 0.25) is 0 Å². The fourth-order valence-corrected chi connectivity index (χ4v) is 2.84. The van der Waals surface area contributed by atoms with Crippen LogP contribution in [0, 0.1) is 11.7 Å². The number of carbonyl (C=O) groups excluding carboxylic acids is 2. The van der Waals surface area contributed by atoms with Gasteiger partial charge >= 0.3 is 5.97 Å². The molecule has 0 unspecified atom stereocenters. The molecule has 1 fully saturated rings. The number of esters is 1. The van der Waals surface area contributed by atoms with Crippen molar-refractivity contribution in [2.75, 3.05) is 31.6 Å². The molecule has 0 spiro atoms. The van der Waals surface area contributed by atoms with Crippen molar-refractivity contribution >= 4 is 17.6 Å². The average Bonchev–Trinajstić information content (AvgIpc) is 2.56. The van der Waals surface area contributed by atoms with Gasteiger partial charge in [-0.2, -0.15) is 0 Å². The molecule has 1 heterocycles. The zero-order chi connectivity index (χ0) is 16.7. The smallest absolute Gasteiger partial charge is 0.309 e. The van der Waals surface area contributed by atoms with Gasteiger partial charge in [-0.3, -0.25) is 9.59 Å². The third-order valence-corrected chi connectivity index (χ3v) is 4.17. The van der Waals surface area contributed by atoms with Crippen LogP contribution in [0.25, 0.3) is 0 Å². The van der Waals surface area contributed by atoms with Crippen molar-refractivity contribution < 1.29 is 23.6 Å². The normalized spacial score (nSPS) is 20.8. The quantitative estimate of drug-likeness (QED) is 0.768. The molecule has 126 valence electrons. The third kappa shape index (κ3) is 5.32. The molecule has 0 aliphatic carbocycles. The van der Waals surface area contributed by atoms with Crippen molar-refractivity contribution in [3.05, 3.63) is 30.1 Å². The van der Waals surface area contributed by atoms with Crippen molar-refractivity contribution in [2.24, 2.45) is 5.92 Å². The molecule has 5 nitrogen and oxygen atoms in total. The Morgan fingerprint density at radius 1 is 1.30 bits per heavy atom. The molecule has 23 heavy (non-hydrogen) atoms. The first-order chi connectivity index (χ1) is 11.1. The van der Waals surface area contributed by atoms with Gasteiger partial charge in [-0.15, -0.1) is 0 Å². The number of carbonyl (C=O) groups is 2. The van der Waals surface area contributed by atoms with E-state index in [-0.39, 0.29) is 23.5 Å². The van der Waals surface area contributed by atoms with Crippen LogP contribution in [0.1, 0.15) is 26.2 Å². The second-order valence-electron chi connectivity index (χ2n) is 5.80. The van der Waals surface area contributed by atoms with E-state index in [4.69, 9.17) is 4.74 Å². The summed E-state index contributed by atoms with van der Waals surface area (Å²) in [5.74, 6) is -0.728. The number of quaternary nitrogens is 1. The highest BCUT2D eigenvalue weighted by Crippen LogP contribution is 2.13. The van der Waals surface area contributed by atoms with Crippen LogP contribution in [-0.2, 0) is 14.3 Å². The van der Waals surface area contributed by atoms with E-state index in [1.54, 1.807) is 18.2 Å². The van der Waals surface area contributed by atoms with Gasteiger partial charge in [0, 0.05) is 12.8 Å². The first kappa shape index (κ1) is 17.4. The number of likely N-dealkylation sites (tertiary alicyclic amines) is 1. The van der Waals surface area contributed by atoms with Crippen LogP contribution in [0.3, 0.4) is 0 Å². The largest absolute Gasteiger partial charge is 0.466 e. The molecule has 6 heteroatoms. The number of halogens is 1. The maximum absolute atomic E-state index is 13.5. The van der Waals surface area contributed by atoms with E-state index >= 15 is 0 Å². The Bertz CT molecular complexity index is 542. The highest BCUT2D eigenvalue weighted by molar-refractivity contribution is 5.90. The minimum atomic E-state index is -0.427. The van der Waals surface area contributed by atoms with Crippen LogP contribution in [0.15, 0.2) is 24.3 Å². The summed E-state index contributed by atoms with van der Waals surface area (Å²) in [5.41, 5.74) is 0.216. The van der Waals surface area contributed by atoms with Crippen molar-refractivity contribution in [1.82, 2.24) is 0 Å². The molecular weight excluding hydrogens is 299 g/mol. The summed E-state index contributed by atoms with van der Waals surface area (Å²) in [6.45, 7) is 4.64. The number of piperidine rings is 1. The summed E-state index contributed by atoms with van der Waals surface area (Å²) in [4.78, 5) is 24.9. The molecule has 1 saturated heterocycles. The van der Waals surface area contributed by atoms with Gasteiger partial charge in [0.15, 0.2) is 0 Å². The standard InChI is InChI=1S/C17H23FN2O3/c1-2-23-17(22)13-7-10-20(11-8-13)12-9-16(21)19-15-6-4-3-5-14(15)18/h3-6,13H,2,7-12H2,1H3,(H,19,21)/p+1. The molecule has 1 aromatic carbocycles. The monoisotopic (exact) mass is 323 g/mol. The summed E-state index contributed by atoms with van der Waals surface area (Å²) in [7, 11) is 0. The molecule has 1 aromatic rings. The van der Waals surface area contributed by atoms with E-state index in [0.29, 0.717) is 19.6 Å². The Kier molecular flexibility index (Phi) is 6.52. The summed E-state index contributed by atoms with van der Waals surface area (Å²) in [5, 5.41) is 2.59. The average molecular weight is 323 g/mol. The summed E-state index contributed by atoms with van der Waals surface area (Å²) >= 11 is 0. The minimum Gasteiger partial charge on any atom is -0.466 e. The van der Waals surface area contributed by atoms with Crippen molar-refractivity contribution in [3.63, 3.8) is 0 Å². The summed E-state index contributed by atoms with van der Waals surface area (Å²) in [6, 6.07) is 6.14. The number of rotatable bonds is 6. The predicted molar refractivity (Wildman–Crippen MR) is 84.6 cm³/mol. The molecule has 0 atom stereocenters. The second kappa shape index (κ2) is 8.62. The molecule has 1 amide bonds. The highest BCUT2D eigenvalue weighted by Gasteiger charge is 2.28. The Balaban J connectivity index is 1.70. The van der Waals surface area contributed by atoms with Crippen LogP contribution in [0.4, 0.5) is 10.1 Å². The first-order valence-electron chi connectivity index (χ1n) is 8.14. The fourth-order valence-electron chi connectivity index (χ4n) is 2.84. The lowest BCUT2D eigenvalue weighted by Gasteiger charge is -2.27. The van der Waals surface area contributed by atoms with E-state index in [2.05, 4.69) is 5.32 Å². The van der Waals surface area contributed by atoms with Crippen molar-refractivity contribution in [2.45, 2.75) is 26.2 Å². The van der Waals surface area contributed by atoms with E-state index < -0.39 is 5.82 Å². The Labute approximate surface area is 135 Å². The second-order valence-corrected chi connectivity index (χ2v) is 5.80. The maximum atomic E-state index is 13.5. The van der Waals surface area contributed by atoms with Gasteiger partial charge in [0.1, 0.15) is 5.82 Å². The lowest BCUT2D eigenvalue weighted by molar-refractivity contribution is -0.905. The first-order valence-corrected chi connectivity index (χ1v) is 8.14. The van der Waals surface area contributed by atoms with Gasteiger partial charge in [-0.05, 0) is 19.1 Å². The topological polar surface area (TPSA) is 59.8 Å². The predicted octanol–water partition coefficient (Wildman–Crippen LogP) is 1.01. The molecular formula is C17H24FN2O3+. The van der Waals surface area contributed by atoms with Gasteiger partial charge < -0.3 is 15.0 Å². The lowest BCUT2D eigenvalue weighted by atomic mass is 9.97. The van der Waals surface area contributed by atoms with E-state index in [9.17, 15) is 14.0 Å². The van der Waals surface area contributed by atoms with Gasteiger partial charge in [0.05, 0.1) is 44.3 Å². The molecule has 2 rings (SSSR count). The molecule has 0 saturated carbocycles. The Morgan fingerprint density at radius 2 is 2.00 bits per heavy atom. The minimum absolute atomic E-state index is 0.00839. The van der Waals surface area contributed by atoms with Crippen molar-refractivity contribution in [3.8, 4) is 0 Å². The number of hydrogen-bond donors (Lipinski definition) is 2. The Hall–Kier alpha value is -1.95. The number of hydrogen-bond acceptors (Lipinski definition) is 3. The number of amides is 1. The number of para-hydroxylation sites is 1. The number of nitrogens with one attached hydrogen (secondary N) is 2. The molecule has 0 radical (unpaired) electrons. The van der Waals surface area contributed by atoms with Crippen LogP contribution in [-0.4, -0.2) is 38.1 Å². The SMILES string of the molecule is CCOC(=O)C1CC[NH+](CCC(=O)Nc2ccccc2F)CC1. The summed E-state index contributed by atoms with van der Waals surface area (Å²) < 4.78 is 18.5. The lowest BCUT2D eigenvalue weighted by Crippen LogP contribution is -3.13. The zero-order valence-corrected chi connectivity index (χ0v) is 13.4. The molecule has 0 bridgehead atoms. The van der Waals surface area contributed by atoms with Crippen molar-refractivity contribution in [1.29, 1.82) is 0 Å². The maximum Gasteiger partial charge on any atom is 0.309 e. The van der Waals surface area contributed by atoms with Crippen LogP contribution in [0.5, 0.6) is 0 Å². The van der Waals surface area contributed by atoms with Crippen LogP contribution >= 0.6 is 0 Å². The van der Waals surface area contributed by atoms with E-state index in [0.717, 1.165) is 25.9 Å². The molecule has 2 N–H and O–H groups in total. The number of anilines is 1. The number of ether oxygens (including phenoxy) is 1. The van der Waals surface area contributed by atoms with Gasteiger partial charge in [-0.25, -0.2) is 4.39 Å². The van der Waals surface area contributed by atoms with Crippen LogP contribution < -0.4 is 10.2 Å². The van der Waals surface area contributed by atoms with Gasteiger partial charge in [0.25, 0.3) is 0 Å². The van der Waals surface area contributed by atoms with E-state index in [1.807, 2.05) is 6.92 Å². The van der Waals surface area contributed by atoms with Gasteiger partial charge in [-0.1, -0.05) is 12.1 Å². The summed E-state index contributed by atoms with van der Waals surface area (Å²) in [6.07, 6.45) is 1.93. The third-order valence-electron chi connectivity index (χ3n) is 4.17. The highest BCUT2D eigenvalue weighted by atomic mass is 19.1. The van der Waals surface area contributed by atoms with E-state index in [1.165, 1.54) is 11.0 Å². The molecule has 0 aromatic heterocycles. The Morgan fingerprint density at radius 3 is 2.65 bits per heavy atom. The fraction of sp³-hybridized carbons (Fsp3) is 0.529. The number of benzene rings is 1. The molecule has 1 aliphatic heterocycles. The zero-order valence-electron chi connectivity index (χ0n) is 13.4. The van der Waals surface area contributed by atoms with Gasteiger partial charge in [0.2, 0.25) is 5.91 Å². The molecule has 1 aliphatic rings.